The molecule has 0 saturated carbocycles. The summed E-state index contributed by atoms with van der Waals surface area (Å²) in [4.78, 5) is 48.2. The Labute approximate surface area is 392 Å². The van der Waals surface area contributed by atoms with E-state index in [9.17, 15) is 28.9 Å². The van der Waals surface area contributed by atoms with E-state index < -0.39 is 57.8 Å². The molecule has 0 radical (unpaired) electrons. The molecule has 0 aromatic carbocycles. The van der Waals surface area contributed by atoms with Gasteiger partial charge in [0.2, 0.25) is 0 Å². The van der Waals surface area contributed by atoms with Crippen molar-refractivity contribution in [3.8, 4) is 0 Å². The number of rotatable bonds is 50. The van der Waals surface area contributed by atoms with Crippen molar-refractivity contribution >= 4 is 25.7 Å². The van der Waals surface area contributed by atoms with Crippen LogP contribution in [-0.2, 0) is 42.2 Å². The smallest absolute Gasteiger partial charge is 0.462 e. The number of esters is 3. The number of carbonyl (C=O) groups is 3. The lowest BCUT2D eigenvalue weighted by Gasteiger charge is -2.21. The van der Waals surface area contributed by atoms with Gasteiger partial charge in [-0.1, -0.05) is 213 Å². The van der Waals surface area contributed by atoms with Gasteiger partial charge >= 0.3 is 25.7 Å². The first-order chi connectivity index (χ1) is 31.2. The number of carbonyl (C=O) groups excluding carboxylic acids is 3. The van der Waals surface area contributed by atoms with Crippen molar-refractivity contribution in [1.82, 2.24) is 0 Å². The average molecular weight is 931 g/mol. The van der Waals surface area contributed by atoms with E-state index in [4.69, 9.17) is 23.3 Å². The van der Waals surface area contributed by atoms with Gasteiger partial charge in [-0.15, -0.1) is 0 Å². The van der Waals surface area contributed by atoms with E-state index in [2.05, 4.69) is 32.9 Å². The molecule has 0 aliphatic carbocycles. The molecule has 0 fully saturated rings. The van der Waals surface area contributed by atoms with Crippen molar-refractivity contribution in [1.29, 1.82) is 0 Å². The Balaban J connectivity index is 4.66. The zero-order valence-corrected chi connectivity index (χ0v) is 42.4. The van der Waals surface area contributed by atoms with Crippen LogP contribution in [0.5, 0.6) is 0 Å². The number of hydrogen-bond donors (Lipinski definition) is 2. The number of aliphatic hydroxyl groups is 1. The third-order valence-electron chi connectivity index (χ3n) is 11.7. The van der Waals surface area contributed by atoms with Crippen LogP contribution in [0.4, 0.5) is 0 Å². The van der Waals surface area contributed by atoms with Crippen LogP contribution in [0.2, 0.25) is 0 Å². The third kappa shape index (κ3) is 45.4. The minimum atomic E-state index is -4.73. The number of unbranched alkanes of at least 4 members (excludes halogenated alkanes) is 31. The molecule has 0 aromatic rings. The Morgan fingerprint density at radius 3 is 1.08 bits per heavy atom. The monoisotopic (exact) mass is 931 g/mol. The molecule has 11 nitrogen and oxygen atoms in total. The largest absolute Gasteiger partial charge is 0.472 e. The number of phosphoric acid groups is 1. The molecule has 0 spiro atoms. The van der Waals surface area contributed by atoms with Gasteiger partial charge in [-0.3, -0.25) is 23.4 Å². The van der Waals surface area contributed by atoms with Crippen molar-refractivity contribution in [2.75, 3.05) is 26.4 Å². The zero-order valence-electron chi connectivity index (χ0n) is 41.5. The van der Waals surface area contributed by atoms with Gasteiger partial charge in [0.1, 0.15) is 12.7 Å². The average Bonchev–Trinajstić information content (AvgIpc) is 3.28. The Morgan fingerprint density at radius 1 is 0.422 bits per heavy atom. The number of aliphatic hydroxyl groups excluding tert-OH is 1. The lowest BCUT2D eigenvalue weighted by atomic mass is 10.0. The first-order valence-corrected chi connectivity index (χ1v) is 28.1. The van der Waals surface area contributed by atoms with E-state index in [0.717, 1.165) is 77.0 Å². The van der Waals surface area contributed by atoms with E-state index in [1.165, 1.54) is 128 Å². The fourth-order valence-electron chi connectivity index (χ4n) is 7.59. The fraction of sp³-hybridized carbons (Fsp3) is 0.904. The molecule has 0 aliphatic rings. The summed E-state index contributed by atoms with van der Waals surface area (Å²) in [7, 11) is -4.73. The van der Waals surface area contributed by atoms with Gasteiger partial charge in [-0.05, 0) is 44.9 Å². The summed E-state index contributed by atoms with van der Waals surface area (Å²) in [6.07, 6.45) is 43.2. The highest BCUT2D eigenvalue weighted by molar-refractivity contribution is 7.47. The van der Waals surface area contributed by atoms with Crippen molar-refractivity contribution in [2.45, 2.75) is 277 Å². The molecule has 3 unspecified atom stereocenters. The predicted molar refractivity (Wildman–Crippen MR) is 261 cm³/mol. The Bertz CT molecular complexity index is 1130. The summed E-state index contributed by atoms with van der Waals surface area (Å²) in [5.41, 5.74) is 0. The second-order valence-corrected chi connectivity index (χ2v) is 19.5. The van der Waals surface area contributed by atoms with Gasteiger partial charge in [-0.2, -0.15) is 0 Å². The molecule has 0 heterocycles. The SMILES string of the molecule is CCCCCCCC/C=C\CCCCCCCC(=O)OC(COC(=O)CCCCCCCCCCC)COP(=O)(O)OCC(CO)OC(=O)CCCCCCCCCCCCCCC. The van der Waals surface area contributed by atoms with Gasteiger partial charge in [-0.25, -0.2) is 4.57 Å². The summed E-state index contributed by atoms with van der Waals surface area (Å²) < 4.78 is 39.3. The molecule has 0 aliphatic heterocycles. The molecular formula is C52H99O11P. The van der Waals surface area contributed by atoms with Gasteiger partial charge in [0.15, 0.2) is 6.10 Å². The summed E-state index contributed by atoms with van der Waals surface area (Å²) in [6, 6.07) is 0. The second kappa shape index (κ2) is 47.7. The normalized spacial score (nSPS) is 13.5. The molecule has 378 valence electrons. The van der Waals surface area contributed by atoms with E-state index in [-0.39, 0.29) is 25.9 Å². The molecule has 3 atom stereocenters. The Morgan fingerprint density at radius 2 is 0.719 bits per heavy atom. The maximum absolute atomic E-state index is 12.8. The summed E-state index contributed by atoms with van der Waals surface area (Å²) in [5, 5.41) is 9.77. The maximum atomic E-state index is 12.8. The molecule has 0 aromatic heterocycles. The van der Waals surface area contributed by atoms with Gasteiger partial charge in [0, 0.05) is 19.3 Å². The highest BCUT2D eigenvalue weighted by atomic mass is 31.2. The van der Waals surface area contributed by atoms with Crippen LogP contribution in [0.15, 0.2) is 12.2 Å². The van der Waals surface area contributed by atoms with Crippen LogP contribution in [-0.4, -0.2) is 66.5 Å². The number of allylic oxidation sites excluding steroid dienone is 2. The second-order valence-electron chi connectivity index (χ2n) is 18.1. The highest BCUT2D eigenvalue weighted by Gasteiger charge is 2.28. The van der Waals surface area contributed by atoms with E-state index in [1.54, 1.807) is 0 Å². The maximum Gasteiger partial charge on any atom is 0.472 e. The van der Waals surface area contributed by atoms with Crippen LogP contribution >= 0.6 is 7.82 Å². The van der Waals surface area contributed by atoms with E-state index in [0.29, 0.717) is 19.3 Å². The summed E-state index contributed by atoms with van der Waals surface area (Å²) in [6.45, 7) is 4.63. The van der Waals surface area contributed by atoms with Crippen molar-refractivity contribution in [2.24, 2.45) is 0 Å². The molecule has 2 N–H and O–H groups in total. The van der Waals surface area contributed by atoms with Gasteiger partial charge in [0.25, 0.3) is 0 Å². The fourth-order valence-corrected chi connectivity index (χ4v) is 8.37. The minimum absolute atomic E-state index is 0.164. The molecule has 12 heteroatoms. The standard InChI is InChI=1S/C52H99O11P/c1-4-7-10-13-16-19-21-23-24-26-28-31-34-37-40-43-52(56)63-49(45-59-50(54)41-38-35-32-29-18-15-12-9-6-3)47-61-64(57,58)60-46-48(44-53)62-51(55)42-39-36-33-30-27-25-22-20-17-14-11-8-5-2/h23-24,48-49,53H,4-22,25-47H2,1-3H3,(H,57,58)/b24-23-. The topological polar surface area (TPSA) is 155 Å². The quantitative estimate of drug-likeness (QED) is 0.0197. The lowest BCUT2D eigenvalue weighted by molar-refractivity contribution is -0.161. The van der Waals surface area contributed by atoms with Crippen molar-refractivity contribution in [3.05, 3.63) is 12.2 Å². The predicted octanol–water partition coefficient (Wildman–Crippen LogP) is 14.9. The van der Waals surface area contributed by atoms with Crippen LogP contribution < -0.4 is 0 Å². The van der Waals surface area contributed by atoms with Crippen LogP contribution in [0.25, 0.3) is 0 Å². The number of hydrogen-bond acceptors (Lipinski definition) is 10. The Kier molecular flexibility index (Phi) is 46.4. The van der Waals surface area contributed by atoms with Crippen LogP contribution in [0, 0.1) is 0 Å². The van der Waals surface area contributed by atoms with Gasteiger partial charge < -0.3 is 24.2 Å². The van der Waals surface area contributed by atoms with Crippen LogP contribution in [0.3, 0.4) is 0 Å². The molecular weight excluding hydrogens is 832 g/mol. The summed E-state index contributed by atoms with van der Waals surface area (Å²) >= 11 is 0. The number of ether oxygens (including phenoxy) is 3. The third-order valence-corrected chi connectivity index (χ3v) is 12.6. The molecule has 64 heavy (non-hydrogen) atoms. The lowest BCUT2D eigenvalue weighted by Crippen LogP contribution is -2.30. The minimum Gasteiger partial charge on any atom is -0.462 e. The van der Waals surface area contributed by atoms with E-state index in [1.807, 2.05) is 0 Å². The summed E-state index contributed by atoms with van der Waals surface area (Å²) in [5.74, 6) is -1.46. The van der Waals surface area contributed by atoms with Gasteiger partial charge in [0.05, 0.1) is 19.8 Å². The Hall–Kier alpha value is -1.78. The first kappa shape index (κ1) is 62.2. The molecule has 0 bridgehead atoms. The van der Waals surface area contributed by atoms with Crippen molar-refractivity contribution < 1.29 is 52.2 Å². The molecule has 0 amide bonds. The van der Waals surface area contributed by atoms with Crippen molar-refractivity contribution in [3.63, 3.8) is 0 Å². The molecule has 0 saturated heterocycles. The zero-order chi connectivity index (χ0) is 47.0. The van der Waals surface area contributed by atoms with E-state index >= 15 is 0 Å². The van der Waals surface area contributed by atoms with Crippen LogP contribution in [0.1, 0.15) is 265 Å². The first-order valence-electron chi connectivity index (χ1n) is 26.6. The molecule has 0 rings (SSSR count). The highest BCUT2D eigenvalue weighted by Crippen LogP contribution is 2.43. The number of phosphoric ester groups is 1.